The van der Waals surface area contributed by atoms with Crippen LogP contribution in [-0.4, -0.2) is 54.3 Å². The molecular weight excluding hydrogens is 402 g/mol. The summed E-state index contributed by atoms with van der Waals surface area (Å²) in [5.41, 5.74) is 4.99. The number of fused-ring (bicyclic) bond motifs is 1. The molecule has 1 aromatic carbocycles. The SMILES string of the molecule is CCOc1cc(C=NNc2ncnc3sc(C)c(C)c23)ccc1OCC(=O)N(C)C. The molecule has 3 rings (SSSR count). The highest BCUT2D eigenvalue weighted by Crippen LogP contribution is 2.32. The van der Waals surface area contributed by atoms with E-state index in [-0.39, 0.29) is 12.5 Å². The maximum atomic E-state index is 11.8. The van der Waals surface area contributed by atoms with Gasteiger partial charge in [0.15, 0.2) is 23.9 Å². The van der Waals surface area contributed by atoms with Gasteiger partial charge < -0.3 is 14.4 Å². The minimum Gasteiger partial charge on any atom is -0.490 e. The number of amides is 1. The van der Waals surface area contributed by atoms with Crippen molar-refractivity contribution in [2.24, 2.45) is 5.10 Å². The third-order valence-corrected chi connectivity index (χ3v) is 5.58. The van der Waals surface area contributed by atoms with Gasteiger partial charge >= 0.3 is 0 Å². The van der Waals surface area contributed by atoms with Crippen molar-refractivity contribution in [3.8, 4) is 11.5 Å². The molecule has 2 heterocycles. The first-order valence-corrected chi connectivity index (χ1v) is 10.3. The maximum absolute atomic E-state index is 11.8. The van der Waals surface area contributed by atoms with Gasteiger partial charge in [-0.2, -0.15) is 5.10 Å². The second-order valence-electron chi connectivity index (χ2n) is 6.77. The summed E-state index contributed by atoms with van der Waals surface area (Å²) in [6.45, 7) is 6.45. The summed E-state index contributed by atoms with van der Waals surface area (Å²) in [7, 11) is 3.37. The third kappa shape index (κ3) is 4.85. The van der Waals surface area contributed by atoms with Crippen LogP contribution in [0.2, 0.25) is 0 Å². The van der Waals surface area contributed by atoms with Gasteiger partial charge in [0.25, 0.3) is 5.91 Å². The molecule has 0 bridgehead atoms. The zero-order valence-electron chi connectivity index (χ0n) is 17.7. The highest BCUT2D eigenvalue weighted by molar-refractivity contribution is 7.18. The van der Waals surface area contributed by atoms with Crippen LogP contribution in [0.4, 0.5) is 5.82 Å². The van der Waals surface area contributed by atoms with Gasteiger partial charge in [-0.1, -0.05) is 0 Å². The third-order valence-electron chi connectivity index (χ3n) is 4.47. The number of aromatic nitrogens is 2. The minimum atomic E-state index is -0.123. The number of rotatable bonds is 8. The number of hydrogen-bond donors (Lipinski definition) is 1. The van der Waals surface area contributed by atoms with Crippen LogP contribution in [-0.2, 0) is 4.79 Å². The van der Waals surface area contributed by atoms with E-state index in [1.165, 1.54) is 16.1 Å². The standard InChI is InChI=1S/C21H25N5O3S/c1-6-28-17-9-15(7-8-16(17)29-11-18(27)26(4)5)10-24-25-20-19-13(2)14(3)30-21(19)23-12-22-20/h7-10,12H,6,11H2,1-5H3,(H,22,23,25). The number of nitrogens with zero attached hydrogens (tertiary/aromatic N) is 4. The molecule has 30 heavy (non-hydrogen) atoms. The predicted octanol–water partition coefficient (Wildman–Crippen LogP) is 3.62. The molecular formula is C21H25N5O3S. The molecule has 2 aromatic heterocycles. The molecule has 8 nitrogen and oxygen atoms in total. The number of thiophene rings is 1. The lowest BCUT2D eigenvalue weighted by Crippen LogP contribution is -2.27. The first-order chi connectivity index (χ1) is 14.4. The highest BCUT2D eigenvalue weighted by atomic mass is 32.1. The van der Waals surface area contributed by atoms with E-state index in [0.29, 0.717) is 23.9 Å². The first-order valence-electron chi connectivity index (χ1n) is 9.50. The zero-order valence-corrected chi connectivity index (χ0v) is 18.5. The van der Waals surface area contributed by atoms with Crippen LogP contribution in [0.3, 0.4) is 0 Å². The lowest BCUT2D eigenvalue weighted by atomic mass is 10.2. The van der Waals surface area contributed by atoms with Crippen LogP contribution in [0, 0.1) is 13.8 Å². The summed E-state index contributed by atoms with van der Waals surface area (Å²) in [4.78, 5) is 24.0. The molecule has 0 saturated carbocycles. The fourth-order valence-electron chi connectivity index (χ4n) is 2.70. The number of anilines is 1. The van der Waals surface area contributed by atoms with Crippen LogP contribution in [0.25, 0.3) is 10.2 Å². The van der Waals surface area contributed by atoms with E-state index < -0.39 is 0 Å². The van der Waals surface area contributed by atoms with E-state index in [1.807, 2.05) is 19.1 Å². The number of ether oxygens (including phenoxy) is 2. The van der Waals surface area contributed by atoms with Crippen molar-refractivity contribution in [1.29, 1.82) is 0 Å². The fourth-order valence-corrected chi connectivity index (χ4v) is 3.69. The van der Waals surface area contributed by atoms with Crippen molar-refractivity contribution in [2.75, 3.05) is 32.7 Å². The Bertz CT molecular complexity index is 1080. The number of nitrogens with one attached hydrogen (secondary N) is 1. The Morgan fingerprint density at radius 2 is 2.03 bits per heavy atom. The number of aryl methyl sites for hydroxylation is 2. The van der Waals surface area contributed by atoms with Gasteiger partial charge in [0.2, 0.25) is 0 Å². The Balaban J connectivity index is 1.76. The fraction of sp³-hybridized carbons (Fsp3) is 0.333. The van der Waals surface area contributed by atoms with Crippen molar-refractivity contribution in [3.05, 3.63) is 40.5 Å². The molecule has 0 radical (unpaired) electrons. The van der Waals surface area contributed by atoms with Gasteiger partial charge in [0, 0.05) is 19.0 Å². The summed E-state index contributed by atoms with van der Waals surface area (Å²) >= 11 is 1.64. The van der Waals surface area contributed by atoms with Crippen molar-refractivity contribution in [3.63, 3.8) is 0 Å². The Hall–Kier alpha value is -3.20. The average molecular weight is 428 g/mol. The smallest absolute Gasteiger partial charge is 0.259 e. The Morgan fingerprint density at radius 3 is 2.77 bits per heavy atom. The van der Waals surface area contributed by atoms with E-state index >= 15 is 0 Å². The van der Waals surface area contributed by atoms with E-state index in [0.717, 1.165) is 21.3 Å². The first kappa shape index (κ1) is 21.5. The van der Waals surface area contributed by atoms with E-state index in [1.54, 1.807) is 37.7 Å². The monoisotopic (exact) mass is 427 g/mol. The van der Waals surface area contributed by atoms with E-state index in [2.05, 4.69) is 34.3 Å². The van der Waals surface area contributed by atoms with E-state index in [4.69, 9.17) is 9.47 Å². The molecule has 0 saturated heterocycles. The molecule has 0 atom stereocenters. The largest absolute Gasteiger partial charge is 0.490 e. The zero-order chi connectivity index (χ0) is 21.7. The predicted molar refractivity (Wildman–Crippen MR) is 120 cm³/mol. The number of hydrogen-bond acceptors (Lipinski definition) is 8. The van der Waals surface area contributed by atoms with Gasteiger partial charge in [-0.3, -0.25) is 10.2 Å². The topological polar surface area (TPSA) is 88.9 Å². The molecule has 0 aliphatic carbocycles. The van der Waals surface area contributed by atoms with Gasteiger partial charge in [-0.15, -0.1) is 11.3 Å². The normalized spacial score (nSPS) is 11.1. The summed E-state index contributed by atoms with van der Waals surface area (Å²) in [5, 5.41) is 5.31. The molecule has 3 aromatic rings. The second kappa shape index (κ2) is 9.53. The van der Waals surface area contributed by atoms with Gasteiger partial charge in [0.1, 0.15) is 11.2 Å². The molecule has 0 fully saturated rings. The lowest BCUT2D eigenvalue weighted by Gasteiger charge is -2.14. The van der Waals surface area contributed by atoms with Crippen LogP contribution in [0.15, 0.2) is 29.6 Å². The van der Waals surface area contributed by atoms with Crippen LogP contribution < -0.4 is 14.9 Å². The molecule has 0 spiro atoms. The van der Waals surface area contributed by atoms with Crippen LogP contribution >= 0.6 is 11.3 Å². The molecule has 9 heteroatoms. The van der Waals surface area contributed by atoms with Crippen LogP contribution in [0.1, 0.15) is 22.9 Å². The van der Waals surface area contributed by atoms with Gasteiger partial charge in [0.05, 0.1) is 18.2 Å². The summed E-state index contributed by atoms with van der Waals surface area (Å²) in [6.07, 6.45) is 3.21. The van der Waals surface area contributed by atoms with Gasteiger partial charge in [-0.25, -0.2) is 9.97 Å². The summed E-state index contributed by atoms with van der Waals surface area (Å²) < 4.78 is 11.3. The summed E-state index contributed by atoms with van der Waals surface area (Å²) in [6, 6.07) is 5.43. The summed E-state index contributed by atoms with van der Waals surface area (Å²) in [5.74, 6) is 1.62. The molecule has 0 aliphatic rings. The van der Waals surface area contributed by atoms with Crippen molar-refractivity contribution in [2.45, 2.75) is 20.8 Å². The minimum absolute atomic E-state index is 0.0504. The highest BCUT2D eigenvalue weighted by Gasteiger charge is 2.12. The molecule has 0 unspecified atom stereocenters. The second-order valence-corrected chi connectivity index (χ2v) is 7.97. The van der Waals surface area contributed by atoms with Crippen molar-refractivity contribution >= 4 is 39.5 Å². The Kier molecular flexibility index (Phi) is 6.83. The molecule has 0 aliphatic heterocycles. The number of carbonyl (C=O) groups is 1. The lowest BCUT2D eigenvalue weighted by molar-refractivity contribution is -0.130. The van der Waals surface area contributed by atoms with Crippen LogP contribution in [0.5, 0.6) is 11.5 Å². The van der Waals surface area contributed by atoms with Crippen molar-refractivity contribution < 1.29 is 14.3 Å². The number of likely N-dealkylation sites (N-methyl/N-ethyl adjacent to an activating group) is 1. The Morgan fingerprint density at radius 1 is 1.23 bits per heavy atom. The molecule has 1 N–H and O–H groups in total. The number of carbonyl (C=O) groups excluding carboxylic acids is 1. The van der Waals surface area contributed by atoms with Gasteiger partial charge in [-0.05, 0) is 50.1 Å². The quantitative estimate of drug-likeness (QED) is 0.436. The average Bonchev–Trinajstić information content (AvgIpc) is 3.02. The van der Waals surface area contributed by atoms with Crippen molar-refractivity contribution in [1.82, 2.24) is 14.9 Å². The number of benzene rings is 1. The maximum Gasteiger partial charge on any atom is 0.259 e. The van der Waals surface area contributed by atoms with E-state index in [9.17, 15) is 4.79 Å². The molecule has 158 valence electrons. The Labute approximate surface area is 179 Å². The molecule has 1 amide bonds. The number of hydrazone groups is 1.